The predicted octanol–water partition coefficient (Wildman–Crippen LogP) is 2.49. The second-order valence-corrected chi connectivity index (χ2v) is 8.29. The van der Waals surface area contributed by atoms with Crippen molar-refractivity contribution in [3.05, 3.63) is 50.9 Å². The van der Waals surface area contributed by atoms with Gasteiger partial charge in [-0.2, -0.15) is 5.10 Å². The van der Waals surface area contributed by atoms with Crippen molar-refractivity contribution < 1.29 is 9.18 Å². The number of rotatable bonds is 3. The van der Waals surface area contributed by atoms with Gasteiger partial charge in [0, 0.05) is 19.5 Å². The summed E-state index contributed by atoms with van der Waals surface area (Å²) in [6.07, 6.45) is 1.30. The highest BCUT2D eigenvalue weighted by molar-refractivity contribution is 6.30. The molecule has 1 saturated heterocycles. The molecule has 2 aromatic rings. The van der Waals surface area contributed by atoms with Gasteiger partial charge in [-0.3, -0.25) is 9.36 Å². The van der Waals surface area contributed by atoms with E-state index in [-0.39, 0.29) is 29.1 Å². The van der Waals surface area contributed by atoms with E-state index in [9.17, 15) is 14.0 Å². The Balaban J connectivity index is 1.65. The first-order valence-corrected chi connectivity index (χ1v) is 9.62. The normalized spacial score (nSPS) is 22.4. The molecule has 8 heteroatoms. The molecule has 1 aromatic heterocycles. The first-order chi connectivity index (χ1) is 12.8. The highest BCUT2D eigenvalue weighted by Crippen LogP contribution is 2.30. The lowest BCUT2D eigenvalue weighted by Gasteiger charge is -2.40. The second kappa shape index (κ2) is 6.78. The lowest BCUT2D eigenvalue weighted by Crippen LogP contribution is -2.53. The zero-order valence-electron chi connectivity index (χ0n) is 15.4. The molecular weight excluding hydrogens is 371 g/mol. The quantitative estimate of drug-likeness (QED) is 0.806. The minimum Gasteiger partial charge on any atom is -0.340 e. The standard InChI is InChI=1S/C19H22ClFN4O2/c1-11-5-16(18(26)23-8-12(2)9-23)25-17(6-11)22-24(19(25)27)10-13-3-4-15(21)14(20)7-13/h3-4,7,11-12,16H,5-6,8-10H2,1-2H3. The maximum absolute atomic E-state index is 13.4. The fraction of sp³-hybridized carbons (Fsp3) is 0.526. The van der Waals surface area contributed by atoms with Crippen LogP contribution in [0.25, 0.3) is 0 Å². The summed E-state index contributed by atoms with van der Waals surface area (Å²) in [5, 5.41) is 4.47. The SMILES string of the molecule is CC1Cc2nn(Cc3ccc(F)c(Cl)c3)c(=O)n2C(C(=O)N2CC(C)C2)C1. The van der Waals surface area contributed by atoms with Gasteiger partial charge >= 0.3 is 5.69 Å². The van der Waals surface area contributed by atoms with E-state index in [4.69, 9.17) is 11.6 Å². The molecule has 0 radical (unpaired) electrons. The van der Waals surface area contributed by atoms with Gasteiger partial charge in [0.05, 0.1) is 11.6 Å². The Morgan fingerprint density at radius 3 is 2.70 bits per heavy atom. The molecule has 2 atom stereocenters. The first kappa shape index (κ1) is 18.2. The van der Waals surface area contributed by atoms with Crippen molar-refractivity contribution in [2.24, 2.45) is 11.8 Å². The molecule has 1 fully saturated rings. The average Bonchev–Trinajstić information content (AvgIpc) is 2.89. The Bertz CT molecular complexity index is 948. The molecule has 0 saturated carbocycles. The summed E-state index contributed by atoms with van der Waals surface area (Å²) in [6, 6.07) is 3.86. The number of aromatic nitrogens is 3. The number of carbonyl (C=O) groups is 1. The van der Waals surface area contributed by atoms with Crippen LogP contribution in [0.1, 0.15) is 37.7 Å². The van der Waals surface area contributed by atoms with Gasteiger partial charge in [0.25, 0.3) is 0 Å². The van der Waals surface area contributed by atoms with Gasteiger partial charge in [-0.1, -0.05) is 31.5 Å². The number of likely N-dealkylation sites (tertiary alicyclic amines) is 1. The summed E-state index contributed by atoms with van der Waals surface area (Å²) in [5.41, 5.74) is 0.385. The van der Waals surface area contributed by atoms with Gasteiger partial charge in [0.2, 0.25) is 5.91 Å². The third-order valence-corrected chi connectivity index (χ3v) is 5.68. The van der Waals surface area contributed by atoms with E-state index >= 15 is 0 Å². The molecule has 3 heterocycles. The first-order valence-electron chi connectivity index (χ1n) is 9.24. The summed E-state index contributed by atoms with van der Waals surface area (Å²) in [7, 11) is 0. The van der Waals surface area contributed by atoms with Gasteiger partial charge in [-0.25, -0.2) is 13.9 Å². The molecule has 0 aliphatic carbocycles. The number of amides is 1. The number of carbonyl (C=O) groups excluding carboxylic acids is 1. The smallest absolute Gasteiger partial charge is 0.340 e. The molecule has 4 rings (SSSR count). The van der Waals surface area contributed by atoms with Crippen molar-refractivity contribution in [3.63, 3.8) is 0 Å². The van der Waals surface area contributed by atoms with Crippen LogP contribution in [0.4, 0.5) is 4.39 Å². The largest absolute Gasteiger partial charge is 0.346 e. The van der Waals surface area contributed by atoms with Crippen molar-refractivity contribution in [2.45, 2.75) is 39.3 Å². The molecule has 1 amide bonds. The van der Waals surface area contributed by atoms with E-state index < -0.39 is 11.9 Å². The minimum atomic E-state index is -0.500. The summed E-state index contributed by atoms with van der Waals surface area (Å²) in [4.78, 5) is 27.7. The highest BCUT2D eigenvalue weighted by Gasteiger charge is 2.38. The van der Waals surface area contributed by atoms with Gasteiger partial charge in [0.15, 0.2) is 0 Å². The van der Waals surface area contributed by atoms with Crippen LogP contribution in [-0.2, 0) is 17.8 Å². The number of nitrogens with zero attached hydrogens (tertiary/aromatic N) is 4. The molecule has 0 spiro atoms. The van der Waals surface area contributed by atoms with Gasteiger partial charge in [0.1, 0.15) is 17.7 Å². The zero-order chi connectivity index (χ0) is 19.3. The van der Waals surface area contributed by atoms with E-state index in [0.29, 0.717) is 30.1 Å². The van der Waals surface area contributed by atoms with Gasteiger partial charge < -0.3 is 4.90 Å². The third-order valence-electron chi connectivity index (χ3n) is 5.39. The number of benzene rings is 1. The topological polar surface area (TPSA) is 60.1 Å². The van der Waals surface area contributed by atoms with Crippen LogP contribution in [0.2, 0.25) is 5.02 Å². The van der Waals surface area contributed by atoms with Crippen molar-refractivity contribution in [1.29, 1.82) is 0 Å². The summed E-state index contributed by atoms with van der Waals surface area (Å²) >= 11 is 5.84. The van der Waals surface area contributed by atoms with E-state index in [1.165, 1.54) is 16.8 Å². The molecule has 2 aliphatic heterocycles. The highest BCUT2D eigenvalue weighted by atomic mass is 35.5. The van der Waals surface area contributed by atoms with Gasteiger partial charge in [-0.15, -0.1) is 0 Å². The Kier molecular flexibility index (Phi) is 4.58. The van der Waals surface area contributed by atoms with Crippen LogP contribution >= 0.6 is 11.6 Å². The van der Waals surface area contributed by atoms with Crippen molar-refractivity contribution in [1.82, 2.24) is 19.2 Å². The fourth-order valence-corrected chi connectivity index (χ4v) is 4.22. The van der Waals surface area contributed by atoms with E-state index in [1.807, 2.05) is 4.90 Å². The molecular formula is C19H22ClFN4O2. The zero-order valence-corrected chi connectivity index (χ0v) is 16.1. The van der Waals surface area contributed by atoms with E-state index in [2.05, 4.69) is 18.9 Å². The maximum Gasteiger partial charge on any atom is 0.346 e. The summed E-state index contributed by atoms with van der Waals surface area (Å²) in [6.45, 7) is 5.86. The van der Waals surface area contributed by atoms with Crippen LogP contribution < -0.4 is 5.69 Å². The summed E-state index contributed by atoms with van der Waals surface area (Å²) < 4.78 is 16.3. The molecule has 2 aliphatic rings. The van der Waals surface area contributed by atoms with Crippen LogP contribution in [0.15, 0.2) is 23.0 Å². The second-order valence-electron chi connectivity index (χ2n) is 7.88. The molecule has 27 heavy (non-hydrogen) atoms. The van der Waals surface area contributed by atoms with Crippen molar-refractivity contribution >= 4 is 17.5 Å². The fourth-order valence-electron chi connectivity index (χ4n) is 4.01. The Hall–Kier alpha value is -2.15. The molecule has 0 N–H and O–H groups in total. The van der Waals surface area contributed by atoms with Crippen LogP contribution in [0.5, 0.6) is 0 Å². The van der Waals surface area contributed by atoms with Crippen LogP contribution in [0, 0.1) is 17.7 Å². The number of hydrogen-bond donors (Lipinski definition) is 0. The molecule has 2 unspecified atom stereocenters. The molecule has 0 bridgehead atoms. The maximum atomic E-state index is 13.4. The predicted molar refractivity (Wildman–Crippen MR) is 99.3 cm³/mol. The van der Waals surface area contributed by atoms with Crippen LogP contribution in [-0.4, -0.2) is 38.2 Å². The molecule has 144 valence electrons. The lowest BCUT2D eigenvalue weighted by atomic mass is 9.91. The monoisotopic (exact) mass is 392 g/mol. The Labute approximate surface area is 161 Å². The van der Waals surface area contributed by atoms with Crippen molar-refractivity contribution in [3.8, 4) is 0 Å². The number of halogens is 2. The Morgan fingerprint density at radius 1 is 1.30 bits per heavy atom. The number of hydrogen-bond acceptors (Lipinski definition) is 3. The molecule has 1 aromatic carbocycles. The summed E-state index contributed by atoms with van der Waals surface area (Å²) in [5.74, 6) is 0.934. The minimum absolute atomic E-state index is 0.00683. The average molecular weight is 393 g/mol. The number of fused-ring (bicyclic) bond motifs is 1. The van der Waals surface area contributed by atoms with E-state index in [0.717, 1.165) is 13.1 Å². The van der Waals surface area contributed by atoms with Crippen LogP contribution in [0.3, 0.4) is 0 Å². The van der Waals surface area contributed by atoms with Gasteiger partial charge in [-0.05, 0) is 36.0 Å². The van der Waals surface area contributed by atoms with E-state index in [1.54, 1.807) is 10.6 Å². The third kappa shape index (κ3) is 3.29. The lowest BCUT2D eigenvalue weighted by molar-refractivity contribution is -0.141. The Morgan fingerprint density at radius 2 is 2.04 bits per heavy atom. The molecule has 6 nitrogen and oxygen atoms in total. The van der Waals surface area contributed by atoms with Crippen molar-refractivity contribution in [2.75, 3.05) is 13.1 Å².